The maximum atomic E-state index is 12.0. The zero-order valence-corrected chi connectivity index (χ0v) is 15.5. The fourth-order valence-electron chi connectivity index (χ4n) is 4.29. The lowest BCUT2D eigenvalue weighted by molar-refractivity contribution is -0.149. The van der Waals surface area contributed by atoms with Crippen molar-refractivity contribution < 1.29 is 23.8 Å². The van der Waals surface area contributed by atoms with Gasteiger partial charge < -0.3 is 19.5 Å². The Labute approximate surface area is 154 Å². The van der Waals surface area contributed by atoms with Crippen LogP contribution in [0.5, 0.6) is 11.5 Å². The summed E-state index contributed by atoms with van der Waals surface area (Å²) < 4.78 is 15.6. The van der Waals surface area contributed by atoms with Crippen LogP contribution in [-0.4, -0.2) is 32.7 Å². The van der Waals surface area contributed by atoms with Crippen LogP contribution < -0.4 is 14.8 Å². The standard InChI is InChI=1S/C20H27NO5/c1-24-17-6-4-14(9-18(17)25-2)11-21-19(22)12-26-20(23)10-16-8-13-3-5-15(16)7-13/h4,6,9,13,15-16H,3,5,7-8,10-12H2,1-2H3,(H,21,22)/t13-,15-,16-/m0/s1. The predicted octanol–water partition coefficient (Wildman–Crippen LogP) is 2.69. The molecular weight excluding hydrogens is 334 g/mol. The summed E-state index contributed by atoms with van der Waals surface area (Å²) in [5.41, 5.74) is 0.879. The molecule has 3 rings (SSSR count). The Morgan fingerprint density at radius 3 is 2.58 bits per heavy atom. The first kappa shape index (κ1) is 18.5. The molecule has 1 aromatic rings. The zero-order valence-electron chi connectivity index (χ0n) is 15.5. The van der Waals surface area contributed by atoms with E-state index in [-0.39, 0.29) is 18.5 Å². The van der Waals surface area contributed by atoms with E-state index in [9.17, 15) is 9.59 Å². The van der Waals surface area contributed by atoms with Crippen LogP contribution in [0, 0.1) is 17.8 Å². The number of nitrogens with one attached hydrogen (secondary N) is 1. The number of ether oxygens (including phenoxy) is 3. The molecule has 0 spiro atoms. The lowest BCUT2D eigenvalue weighted by atomic mass is 9.86. The lowest BCUT2D eigenvalue weighted by Gasteiger charge is -2.20. The van der Waals surface area contributed by atoms with E-state index in [1.165, 1.54) is 19.3 Å². The van der Waals surface area contributed by atoms with E-state index >= 15 is 0 Å². The third-order valence-corrected chi connectivity index (χ3v) is 5.62. The summed E-state index contributed by atoms with van der Waals surface area (Å²) in [5.74, 6) is 2.63. The first-order valence-corrected chi connectivity index (χ1v) is 9.22. The molecule has 1 N–H and O–H groups in total. The summed E-state index contributed by atoms with van der Waals surface area (Å²) in [6, 6.07) is 5.44. The molecule has 0 unspecified atom stereocenters. The van der Waals surface area contributed by atoms with Gasteiger partial charge in [-0.05, 0) is 54.7 Å². The van der Waals surface area contributed by atoms with E-state index in [0.29, 0.717) is 36.3 Å². The van der Waals surface area contributed by atoms with E-state index in [2.05, 4.69) is 5.32 Å². The molecule has 6 heteroatoms. The Morgan fingerprint density at radius 2 is 1.92 bits per heavy atom. The Hall–Kier alpha value is -2.24. The van der Waals surface area contributed by atoms with Crippen LogP contribution in [0.15, 0.2) is 18.2 Å². The van der Waals surface area contributed by atoms with Crippen LogP contribution in [0.25, 0.3) is 0 Å². The minimum absolute atomic E-state index is 0.229. The highest BCUT2D eigenvalue weighted by atomic mass is 16.5. The first-order valence-electron chi connectivity index (χ1n) is 9.22. The number of esters is 1. The van der Waals surface area contributed by atoms with Gasteiger partial charge in [-0.2, -0.15) is 0 Å². The highest BCUT2D eigenvalue weighted by molar-refractivity contribution is 5.80. The van der Waals surface area contributed by atoms with E-state index in [1.54, 1.807) is 26.4 Å². The predicted molar refractivity (Wildman–Crippen MR) is 95.9 cm³/mol. The lowest BCUT2D eigenvalue weighted by Crippen LogP contribution is -2.29. The van der Waals surface area contributed by atoms with Crippen molar-refractivity contribution in [3.8, 4) is 11.5 Å². The molecule has 0 aliphatic heterocycles. The fraction of sp³-hybridized carbons (Fsp3) is 0.600. The molecule has 2 fully saturated rings. The molecule has 2 aliphatic rings. The third kappa shape index (κ3) is 4.48. The average Bonchev–Trinajstić information content (AvgIpc) is 3.27. The first-order chi connectivity index (χ1) is 12.6. The van der Waals surface area contributed by atoms with Crippen LogP contribution in [0.2, 0.25) is 0 Å². The van der Waals surface area contributed by atoms with Gasteiger partial charge in [0, 0.05) is 13.0 Å². The maximum Gasteiger partial charge on any atom is 0.306 e. The summed E-state index contributed by atoms with van der Waals surface area (Å²) in [6.45, 7) is 0.107. The van der Waals surface area contributed by atoms with Crippen LogP contribution >= 0.6 is 0 Å². The third-order valence-electron chi connectivity index (χ3n) is 5.62. The molecule has 0 heterocycles. The molecule has 2 saturated carbocycles. The molecule has 1 amide bonds. The van der Waals surface area contributed by atoms with Crippen molar-refractivity contribution in [3.63, 3.8) is 0 Å². The summed E-state index contributed by atoms with van der Waals surface area (Å²) in [5, 5.41) is 2.75. The second-order valence-corrected chi connectivity index (χ2v) is 7.27. The number of rotatable bonds is 8. The topological polar surface area (TPSA) is 73.9 Å². The molecule has 2 bridgehead atoms. The van der Waals surface area contributed by atoms with Crippen molar-refractivity contribution in [2.24, 2.45) is 17.8 Å². The monoisotopic (exact) mass is 361 g/mol. The average molecular weight is 361 g/mol. The molecule has 142 valence electrons. The Bertz CT molecular complexity index is 660. The summed E-state index contributed by atoms with van der Waals surface area (Å²) in [6.07, 6.45) is 5.42. The fourth-order valence-corrected chi connectivity index (χ4v) is 4.29. The summed E-state index contributed by atoms with van der Waals surface area (Å²) in [4.78, 5) is 23.9. The van der Waals surface area contributed by atoms with E-state index in [1.807, 2.05) is 6.07 Å². The van der Waals surface area contributed by atoms with Crippen LogP contribution in [0.4, 0.5) is 0 Å². The number of hydrogen-bond donors (Lipinski definition) is 1. The van der Waals surface area contributed by atoms with Gasteiger partial charge in [0.25, 0.3) is 5.91 Å². The van der Waals surface area contributed by atoms with Gasteiger partial charge in [-0.15, -0.1) is 0 Å². The van der Waals surface area contributed by atoms with Crippen molar-refractivity contribution in [2.45, 2.75) is 38.6 Å². The van der Waals surface area contributed by atoms with Gasteiger partial charge in [0.05, 0.1) is 14.2 Å². The molecule has 0 aromatic heterocycles. The minimum atomic E-state index is -0.305. The number of fused-ring (bicyclic) bond motifs is 2. The second kappa shape index (κ2) is 8.43. The number of carbonyl (C=O) groups excluding carboxylic acids is 2. The summed E-state index contributed by atoms with van der Waals surface area (Å²) in [7, 11) is 3.14. The van der Waals surface area contributed by atoms with Gasteiger partial charge in [-0.3, -0.25) is 9.59 Å². The quantitative estimate of drug-likeness (QED) is 0.721. The van der Waals surface area contributed by atoms with E-state index in [4.69, 9.17) is 14.2 Å². The van der Waals surface area contributed by atoms with Crippen molar-refractivity contribution >= 4 is 11.9 Å². The molecule has 26 heavy (non-hydrogen) atoms. The second-order valence-electron chi connectivity index (χ2n) is 7.27. The van der Waals surface area contributed by atoms with Gasteiger partial charge in [-0.1, -0.05) is 12.5 Å². The SMILES string of the molecule is COc1ccc(CNC(=O)COC(=O)C[C@@H]2C[C@H]3CC[C@H]2C3)cc1OC. The number of methoxy groups -OCH3 is 2. The Balaban J connectivity index is 1.38. The molecule has 6 nitrogen and oxygen atoms in total. The highest BCUT2D eigenvalue weighted by Crippen LogP contribution is 2.49. The summed E-state index contributed by atoms with van der Waals surface area (Å²) >= 11 is 0. The molecule has 1 aromatic carbocycles. The van der Waals surface area contributed by atoms with Crippen molar-refractivity contribution in [2.75, 3.05) is 20.8 Å². The number of benzene rings is 1. The van der Waals surface area contributed by atoms with Gasteiger partial charge in [0.1, 0.15) is 0 Å². The number of amides is 1. The van der Waals surface area contributed by atoms with Gasteiger partial charge in [0.2, 0.25) is 0 Å². The van der Waals surface area contributed by atoms with Crippen molar-refractivity contribution in [3.05, 3.63) is 23.8 Å². The molecule has 3 atom stereocenters. The van der Waals surface area contributed by atoms with Crippen LogP contribution in [0.3, 0.4) is 0 Å². The van der Waals surface area contributed by atoms with Crippen molar-refractivity contribution in [1.82, 2.24) is 5.32 Å². The zero-order chi connectivity index (χ0) is 18.5. The van der Waals surface area contributed by atoms with E-state index < -0.39 is 0 Å². The molecule has 2 aliphatic carbocycles. The van der Waals surface area contributed by atoms with Crippen LogP contribution in [0.1, 0.15) is 37.7 Å². The number of hydrogen-bond acceptors (Lipinski definition) is 5. The maximum absolute atomic E-state index is 12.0. The van der Waals surface area contributed by atoms with Gasteiger partial charge in [-0.25, -0.2) is 0 Å². The minimum Gasteiger partial charge on any atom is -0.493 e. The number of carbonyl (C=O) groups is 2. The van der Waals surface area contributed by atoms with E-state index in [0.717, 1.165) is 17.9 Å². The molecule has 0 saturated heterocycles. The van der Waals surface area contributed by atoms with Crippen molar-refractivity contribution in [1.29, 1.82) is 0 Å². The molecule has 0 radical (unpaired) electrons. The highest BCUT2D eigenvalue weighted by Gasteiger charge is 2.40. The molecular formula is C20H27NO5. The normalized spacial score (nSPS) is 23.5. The van der Waals surface area contributed by atoms with Gasteiger partial charge in [0.15, 0.2) is 18.1 Å². The smallest absolute Gasteiger partial charge is 0.306 e. The Morgan fingerprint density at radius 1 is 1.12 bits per heavy atom. The van der Waals surface area contributed by atoms with Crippen LogP contribution in [-0.2, 0) is 20.9 Å². The Kier molecular flexibility index (Phi) is 6.01. The van der Waals surface area contributed by atoms with Gasteiger partial charge >= 0.3 is 5.97 Å². The largest absolute Gasteiger partial charge is 0.493 e.